The van der Waals surface area contributed by atoms with Gasteiger partial charge < -0.3 is 18.9 Å². The fourth-order valence-corrected chi connectivity index (χ4v) is 6.41. The molecular formula is C19H30N4O5S. The molecule has 1 aromatic heterocycles. The van der Waals surface area contributed by atoms with E-state index in [4.69, 9.17) is 9.47 Å². The van der Waals surface area contributed by atoms with Gasteiger partial charge in [-0.25, -0.2) is 13.4 Å². The van der Waals surface area contributed by atoms with Gasteiger partial charge in [0.2, 0.25) is 5.91 Å². The van der Waals surface area contributed by atoms with E-state index in [9.17, 15) is 13.2 Å². The van der Waals surface area contributed by atoms with Crippen LogP contribution in [-0.2, 0) is 31.3 Å². The van der Waals surface area contributed by atoms with Crippen LogP contribution in [0.3, 0.4) is 0 Å². The quantitative estimate of drug-likeness (QED) is 0.667. The number of hydrogen-bond donors (Lipinski definition) is 0. The molecule has 0 aromatic carbocycles. The number of aryl methyl sites for hydroxylation is 1. The molecule has 3 saturated heterocycles. The van der Waals surface area contributed by atoms with Crippen LogP contribution in [-0.4, -0.2) is 84.2 Å². The number of carbonyl (C=O) groups excluding carboxylic acids is 1. The second-order valence-corrected chi connectivity index (χ2v) is 10.2. The van der Waals surface area contributed by atoms with Gasteiger partial charge in [-0.3, -0.25) is 4.79 Å². The summed E-state index contributed by atoms with van der Waals surface area (Å²) in [5.74, 6) is 0.0755. The summed E-state index contributed by atoms with van der Waals surface area (Å²) in [6.45, 7) is 1.03. The van der Waals surface area contributed by atoms with E-state index in [2.05, 4.69) is 4.98 Å². The number of methoxy groups -OCH3 is 1. The number of ether oxygens (including phenoxy) is 2. The molecule has 29 heavy (non-hydrogen) atoms. The monoisotopic (exact) mass is 426 g/mol. The van der Waals surface area contributed by atoms with E-state index in [1.165, 1.54) is 16.8 Å². The van der Waals surface area contributed by atoms with Gasteiger partial charge in [0.1, 0.15) is 6.61 Å². The van der Waals surface area contributed by atoms with Crippen molar-refractivity contribution in [3.63, 3.8) is 0 Å². The molecule has 162 valence electrons. The Labute approximate surface area is 172 Å². The molecule has 0 aliphatic carbocycles. The number of fused-ring (bicyclic) bond motifs is 2. The molecule has 4 rings (SSSR count). The first-order valence-electron chi connectivity index (χ1n) is 10.3. The predicted octanol–water partition coefficient (Wildman–Crippen LogP) is 0.758. The van der Waals surface area contributed by atoms with Crippen molar-refractivity contribution in [1.29, 1.82) is 0 Å². The number of rotatable bonds is 6. The molecule has 9 nitrogen and oxygen atoms in total. The lowest BCUT2D eigenvalue weighted by atomic mass is 9.98. The zero-order valence-electron chi connectivity index (χ0n) is 17.1. The van der Waals surface area contributed by atoms with Crippen LogP contribution in [0.4, 0.5) is 0 Å². The molecule has 3 aliphatic rings. The van der Waals surface area contributed by atoms with Crippen molar-refractivity contribution in [1.82, 2.24) is 18.8 Å². The molecule has 0 radical (unpaired) electrons. The number of sulfonamides is 1. The van der Waals surface area contributed by atoms with Gasteiger partial charge in [-0.2, -0.15) is 4.31 Å². The lowest BCUT2D eigenvalue weighted by Crippen LogP contribution is -2.50. The molecule has 0 N–H and O–H groups in total. The van der Waals surface area contributed by atoms with Gasteiger partial charge in [-0.1, -0.05) is 0 Å². The van der Waals surface area contributed by atoms with Crippen LogP contribution in [0.15, 0.2) is 17.6 Å². The maximum absolute atomic E-state index is 12.7. The summed E-state index contributed by atoms with van der Waals surface area (Å²) in [6.07, 6.45) is 8.39. The van der Waals surface area contributed by atoms with E-state index in [-0.39, 0.29) is 41.8 Å². The SMILES string of the molecule is COCC(=O)N1[C@@H]2CC[C@H]1CC(OC1CCN(S(=O)(=O)c3cn(C)cn3)CC1)C2. The van der Waals surface area contributed by atoms with E-state index in [1.807, 2.05) is 4.90 Å². The van der Waals surface area contributed by atoms with Crippen molar-refractivity contribution < 1.29 is 22.7 Å². The minimum absolute atomic E-state index is 0.0656. The van der Waals surface area contributed by atoms with Crippen LogP contribution in [0.2, 0.25) is 0 Å². The van der Waals surface area contributed by atoms with Gasteiger partial charge in [-0.05, 0) is 38.5 Å². The topological polar surface area (TPSA) is 94.0 Å². The largest absolute Gasteiger partial charge is 0.375 e. The minimum atomic E-state index is -3.54. The smallest absolute Gasteiger partial charge is 0.262 e. The molecule has 1 aromatic rings. The summed E-state index contributed by atoms with van der Waals surface area (Å²) in [5.41, 5.74) is 0. The number of aromatic nitrogens is 2. The molecule has 10 heteroatoms. The van der Waals surface area contributed by atoms with Crippen LogP contribution in [0.5, 0.6) is 0 Å². The van der Waals surface area contributed by atoms with E-state index >= 15 is 0 Å². The van der Waals surface area contributed by atoms with E-state index in [0.717, 1.165) is 25.7 Å². The average Bonchev–Trinajstić information content (AvgIpc) is 3.24. The molecule has 1 amide bonds. The van der Waals surface area contributed by atoms with E-state index in [1.54, 1.807) is 18.7 Å². The van der Waals surface area contributed by atoms with Crippen molar-refractivity contribution in [3.05, 3.63) is 12.5 Å². The van der Waals surface area contributed by atoms with Crippen molar-refractivity contribution in [2.24, 2.45) is 7.05 Å². The maximum Gasteiger partial charge on any atom is 0.262 e. The highest BCUT2D eigenvalue weighted by atomic mass is 32.2. The van der Waals surface area contributed by atoms with Gasteiger partial charge in [0.15, 0.2) is 5.03 Å². The third-order valence-electron chi connectivity index (χ3n) is 6.32. The summed E-state index contributed by atoms with van der Waals surface area (Å²) in [6, 6.07) is 0.483. The third-order valence-corrected chi connectivity index (χ3v) is 8.10. The Balaban J connectivity index is 1.29. The summed E-state index contributed by atoms with van der Waals surface area (Å²) in [5, 5.41) is 0.101. The Kier molecular flexibility index (Phi) is 5.97. The number of carbonyl (C=O) groups is 1. The Hall–Kier alpha value is -1.49. The maximum atomic E-state index is 12.7. The number of amides is 1. The molecule has 0 spiro atoms. The first-order valence-corrected chi connectivity index (χ1v) is 11.8. The minimum Gasteiger partial charge on any atom is -0.375 e. The van der Waals surface area contributed by atoms with Gasteiger partial charge in [0.05, 0.1) is 18.5 Å². The molecule has 3 aliphatic heterocycles. The van der Waals surface area contributed by atoms with Crippen LogP contribution < -0.4 is 0 Å². The van der Waals surface area contributed by atoms with E-state index in [0.29, 0.717) is 25.9 Å². The molecular weight excluding hydrogens is 396 g/mol. The molecule has 1 unspecified atom stereocenters. The normalized spacial score (nSPS) is 28.8. The summed E-state index contributed by atoms with van der Waals surface area (Å²) < 4.78 is 39.9. The first kappa shape index (κ1) is 20.8. The van der Waals surface area contributed by atoms with Crippen LogP contribution in [0, 0.1) is 0 Å². The molecule has 3 atom stereocenters. The Bertz CT molecular complexity index is 819. The number of imidazole rings is 1. The number of nitrogens with zero attached hydrogens (tertiary/aromatic N) is 4. The fourth-order valence-electron chi connectivity index (χ4n) is 4.98. The fraction of sp³-hybridized carbons (Fsp3) is 0.789. The van der Waals surface area contributed by atoms with Gasteiger partial charge in [0.25, 0.3) is 10.0 Å². The lowest BCUT2D eigenvalue weighted by molar-refractivity contribution is -0.144. The van der Waals surface area contributed by atoms with Crippen molar-refractivity contribution in [3.8, 4) is 0 Å². The Morgan fingerprint density at radius 1 is 1.14 bits per heavy atom. The summed E-state index contributed by atoms with van der Waals surface area (Å²) in [7, 11) is -0.229. The second-order valence-electron chi connectivity index (χ2n) is 8.33. The third kappa shape index (κ3) is 4.21. The van der Waals surface area contributed by atoms with Gasteiger partial charge >= 0.3 is 0 Å². The zero-order chi connectivity index (χ0) is 20.6. The summed E-state index contributed by atoms with van der Waals surface area (Å²) >= 11 is 0. The highest BCUT2D eigenvalue weighted by molar-refractivity contribution is 7.89. The first-order chi connectivity index (χ1) is 13.9. The van der Waals surface area contributed by atoms with Gasteiger partial charge in [0, 0.05) is 45.5 Å². The highest BCUT2D eigenvalue weighted by Gasteiger charge is 2.44. The Morgan fingerprint density at radius 2 is 1.79 bits per heavy atom. The van der Waals surface area contributed by atoms with Crippen molar-refractivity contribution in [2.75, 3.05) is 26.8 Å². The Morgan fingerprint density at radius 3 is 2.34 bits per heavy atom. The average molecular weight is 427 g/mol. The van der Waals surface area contributed by atoms with Crippen molar-refractivity contribution in [2.45, 2.75) is 67.8 Å². The zero-order valence-corrected chi connectivity index (χ0v) is 17.9. The second kappa shape index (κ2) is 8.33. The molecule has 3 fully saturated rings. The predicted molar refractivity (Wildman–Crippen MR) is 105 cm³/mol. The highest BCUT2D eigenvalue weighted by Crippen LogP contribution is 2.38. The van der Waals surface area contributed by atoms with E-state index < -0.39 is 10.0 Å². The van der Waals surface area contributed by atoms with Crippen LogP contribution in [0.25, 0.3) is 0 Å². The van der Waals surface area contributed by atoms with Gasteiger partial charge in [-0.15, -0.1) is 0 Å². The summed E-state index contributed by atoms with van der Waals surface area (Å²) in [4.78, 5) is 18.3. The lowest BCUT2D eigenvalue weighted by Gasteiger charge is -2.41. The molecule has 4 heterocycles. The number of hydrogen-bond acceptors (Lipinski definition) is 6. The van der Waals surface area contributed by atoms with Crippen LogP contribution in [0.1, 0.15) is 38.5 Å². The van der Waals surface area contributed by atoms with Crippen molar-refractivity contribution >= 4 is 15.9 Å². The molecule has 0 saturated carbocycles. The number of piperidine rings is 2. The molecule has 2 bridgehead atoms. The standard InChI is InChI=1S/C19H30N4O5S/c1-21-11-18(20-13-21)29(25,26)22-7-5-16(6-8-22)28-17-9-14-3-4-15(10-17)23(14)19(24)12-27-2/h11,13-17H,3-10,12H2,1-2H3/t14-,15+,17?. The van der Waals surface area contributed by atoms with Crippen LogP contribution >= 0.6 is 0 Å².